The molecule has 104 valence electrons. The number of oxime groups is 1. The van der Waals surface area contributed by atoms with Gasteiger partial charge in [-0.25, -0.2) is 0 Å². The van der Waals surface area contributed by atoms with Crippen molar-refractivity contribution < 1.29 is 14.4 Å². The van der Waals surface area contributed by atoms with E-state index in [9.17, 15) is 4.79 Å². The maximum atomic E-state index is 11.9. The molecular weight excluding hydrogens is 254 g/mol. The first-order valence-electron chi connectivity index (χ1n) is 7.16. The van der Waals surface area contributed by atoms with E-state index in [0.29, 0.717) is 11.8 Å². The highest BCUT2D eigenvalue weighted by molar-refractivity contribution is 6.03. The molecule has 1 aromatic rings. The van der Waals surface area contributed by atoms with Gasteiger partial charge < -0.3 is 9.57 Å². The number of hydrogen-bond acceptors (Lipinski definition) is 4. The Labute approximate surface area is 117 Å². The third-order valence-corrected chi connectivity index (χ3v) is 5.09. The SMILES string of the molecule is COC(=O)[C@@H]1C[C@@H]2C[C@H]1[C@H]1C(c3ccccc3)=NO[C@@H]21. The Kier molecular flexibility index (Phi) is 2.59. The van der Waals surface area contributed by atoms with Gasteiger partial charge in [-0.2, -0.15) is 0 Å². The van der Waals surface area contributed by atoms with Crippen LogP contribution in [0.3, 0.4) is 0 Å². The normalized spacial score (nSPS) is 37.2. The van der Waals surface area contributed by atoms with Gasteiger partial charge in [0.1, 0.15) is 6.10 Å². The van der Waals surface area contributed by atoms with Gasteiger partial charge in [0, 0.05) is 11.8 Å². The van der Waals surface area contributed by atoms with Gasteiger partial charge in [-0.3, -0.25) is 4.79 Å². The molecule has 0 N–H and O–H groups in total. The average Bonchev–Trinajstić information content (AvgIpc) is 3.18. The van der Waals surface area contributed by atoms with Gasteiger partial charge in [0.25, 0.3) is 0 Å². The smallest absolute Gasteiger partial charge is 0.308 e. The predicted molar refractivity (Wildman–Crippen MR) is 73.1 cm³/mol. The molecule has 4 nitrogen and oxygen atoms in total. The summed E-state index contributed by atoms with van der Waals surface area (Å²) in [5.74, 6) is 0.954. The van der Waals surface area contributed by atoms with E-state index in [1.54, 1.807) is 0 Å². The lowest BCUT2D eigenvalue weighted by molar-refractivity contribution is -0.148. The van der Waals surface area contributed by atoms with Crippen molar-refractivity contribution in [3.8, 4) is 0 Å². The van der Waals surface area contributed by atoms with Crippen molar-refractivity contribution in [2.45, 2.75) is 18.9 Å². The van der Waals surface area contributed by atoms with Crippen molar-refractivity contribution in [3.63, 3.8) is 0 Å². The van der Waals surface area contributed by atoms with Crippen molar-refractivity contribution in [1.29, 1.82) is 0 Å². The number of ether oxygens (including phenoxy) is 1. The van der Waals surface area contributed by atoms with Crippen LogP contribution >= 0.6 is 0 Å². The highest BCUT2D eigenvalue weighted by atomic mass is 16.6. The second-order valence-electron chi connectivity index (χ2n) is 5.96. The molecule has 2 saturated carbocycles. The molecule has 0 saturated heterocycles. The third-order valence-electron chi connectivity index (χ3n) is 5.09. The van der Waals surface area contributed by atoms with Crippen LogP contribution in [-0.4, -0.2) is 24.9 Å². The van der Waals surface area contributed by atoms with Crippen molar-refractivity contribution >= 4 is 11.7 Å². The zero-order valence-electron chi connectivity index (χ0n) is 11.4. The molecule has 4 rings (SSSR count). The summed E-state index contributed by atoms with van der Waals surface area (Å²) in [5.41, 5.74) is 2.12. The number of fused-ring (bicyclic) bond motifs is 5. The van der Waals surface area contributed by atoms with E-state index in [0.717, 1.165) is 24.1 Å². The van der Waals surface area contributed by atoms with Gasteiger partial charge in [0.2, 0.25) is 0 Å². The summed E-state index contributed by atoms with van der Waals surface area (Å²) < 4.78 is 4.96. The first-order chi connectivity index (χ1) is 9.79. The number of carbonyl (C=O) groups is 1. The molecule has 0 aromatic heterocycles. The Morgan fingerprint density at radius 2 is 2.10 bits per heavy atom. The monoisotopic (exact) mass is 271 g/mol. The maximum absolute atomic E-state index is 11.9. The number of hydrogen-bond donors (Lipinski definition) is 0. The van der Waals surface area contributed by atoms with Crippen LogP contribution in [-0.2, 0) is 14.4 Å². The topological polar surface area (TPSA) is 47.9 Å². The Morgan fingerprint density at radius 3 is 2.85 bits per heavy atom. The molecule has 2 fully saturated rings. The van der Waals surface area contributed by atoms with Gasteiger partial charge in [0.05, 0.1) is 18.7 Å². The molecule has 0 unspecified atom stereocenters. The number of rotatable bonds is 2. The molecule has 1 aromatic carbocycles. The first-order valence-corrected chi connectivity index (χ1v) is 7.16. The van der Waals surface area contributed by atoms with E-state index in [2.05, 4.69) is 17.3 Å². The average molecular weight is 271 g/mol. The van der Waals surface area contributed by atoms with Crippen molar-refractivity contribution in [3.05, 3.63) is 35.9 Å². The van der Waals surface area contributed by atoms with Crippen LogP contribution in [0.4, 0.5) is 0 Å². The number of carbonyl (C=O) groups excluding carboxylic acids is 1. The van der Waals surface area contributed by atoms with E-state index in [1.807, 2.05) is 18.2 Å². The summed E-state index contributed by atoms with van der Waals surface area (Å²) in [6, 6.07) is 10.1. The third kappa shape index (κ3) is 1.54. The van der Waals surface area contributed by atoms with E-state index >= 15 is 0 Å². The molecule has 1 aliphatic heterocycles. The molecule has 0 spiro atoms. The minimum absolute atomic E-state index is 0.0156. The zero-order valence-corrected chi connectivity index (χ0v) is 11.4. The van der Waals surface area contributed by atoms with Crippen LogP contribution in [0, 0.1) is 23.7 Å². The molecule has 0 amide bonds. The summed E-state index contributed by atoms with van der Waals surface area (Å²) in [6.45, 7) is 0. The van der Waals surface area contributed by atoms with Gasteiger partial charge >= 0.3 is 5.97 Å². The lowest BCUT2D eigenvalue weighted by Gasteiger charge is -2.28. The lowest BCUT2D eigenvalue weighted by Crippen LogP contribution is -2.37. The van der Waals surface area contributed by atoms with Crippen LogP contribution < -0.4 is 0 Å². The Balaban J connectivity index is 1.65. The molecule has 2 bridgehead atoms. The number of esters is 1. The van der Waals surface area contributed by atoms with Crippen molar-refractivity contribution in [1.82, 2.24) is 0 Å². The van der Waals surface area contributed by atoms with Gasteiger partial charge in [-0.15, -0.1) is 0 Å². The molecular formula is C16H17NO3. The Bertz CT molecular complexity index is 568. The molecule has 3 aliphatic rings. The van der Waals surface area contributed by atoms with Crippen LogP contribution in [0.2, 0.25) is 0 Å². The molecule has 2 aliphatic carbocycles. The summed E-state index contributed by atoms with van der Waals surface area (Å²) in [6.07, 6.45) is 2.10. The summed E-state index contributed by atoms with van der Waals surface area (Å²) in [4.78, 5) is 17.6. The van der Waals surface area contributed by atoms with Gasteiger partial charge in [-0.05, 0) is 24.3 Å². The zero-order chi connectivity index (χ0) is 13.7. The summed E-state index contributed by atoms with van der Waals surface area (Å²) in [5, 5.41) is 4.32. The number of nitrogens with zero attached hydrogens (tertiary/aromatic N) is 1. The number of methoxy groups -OCH3 is 1. The molecule has 5 atom stereocenters. The van der Waals surface area contributed by atoms with Crippen LogP contribution in [0.25, 0.3) is 0 Å². The fourth-order valence-corrected chi connectivity index (χ4v) is 4.28. The second kappa shape index (κ2) is 4.33. The summed E-state index contributed by atoms with van der Waals surface area (Å²) >= 11 is 0. The predicted octanol–water partition coefficient (Wildman–Crippen LogP) is 2.23. The highest BCUT2D eigenvalue weighted by Gasteiger charge is 2.60. The maximum Gasteiger partial charge on any atom is 0.308 e. The quantitative estimate of drug-likeness (QED) is 0.775. The molecule has 20 heavy (non-hydrogen) atoms. The van der Waals surface area contributed by atoms with Crippen LogP contribution in [0.1, 0.15) is 18.4 Å². The van der Waals surface area contributed by atoms with Gasteiger partial charge in [0.15, 0.2) is 0 Å². The minimum atomic E-state index is -0.0738. The van der Waals surface area contributed by atoms with Gasteiger partial charge in [-0.1, -0.05) is 35.5 Å². The Hall–Kier alpha value is -1.84. The minimum Gasteiger partial charge on any atom is -0.469 e. The van der Waals surface area contributed by atoms with E-state index in [4.69, 9.17) is 9.57 Å². The van der Waals surface area contributed by atoms with E-state index in [-0.39, 0.29) is 23.9 Å². The van der Waals surface area contributed by atoms with E-state index in [1.165, 1.54) is 7.11 Å². The van der Waals surface area contributed by atoms with Crippen LogP contribution in [0.5, 0.6) is 0 Å². The summed E-state index contributed by atoms with van der Waals surface area (Å²) in [7, 11) is 1.48. The largest absolute Gasteiger partial charge is 0.469 e. The lowest BCUT2D eigenvalue weighted by atomic mass is 9.75. The van der Waals surface area contributed by atoms with Crippen LogP contribution in [0.15, 0.2) is 35.5 Å². The van der Waals surface area contributed by atoms with Crippen molar-refractivity contribution in [2.24, 2.45) is 28.8 Å². The fraction of sp³-hybridized carbons (Fsp3) is 0.500. The molecule has 0 radical (unpaired) electrons. The fourth-order valence-electron chi connectivity index (χ4n) is 4.28. The van der Waals surface area contributed by atoms with Crippen molar-refractivity contribution in [2.75, 3.05) is 7.11 Å². The first kappa shape index (κ1) is 11.9. The second-order valence-corrected chi connectivity index (χ2v) is 5.96. The van der Waals surface area contributed by atoms with E-state index < -0.39 is 0 Å². The standard InChI is InChI=1S/C16H17NO3/c1-19-16(18)12-8-10-7-11(12)13-14(17-20-15(10)13)9-5-3-2-4-6-9/h2-6,10-13,15H,7-8H2,1H3/t10-,11+,12+,13-,15-/m0/s1. The molecule has 4 heteroatoms. The Morgan fingerprint density at radius 1 is 1.30 bits per heavy atom. The number of benzene rings is 1. The molecule has 1 heterocycles. The highest BCUT2D eigenvalue weighted by Crippen LogP contribution is 2.56.